The van der Waals surface area contributed by atoms with Crippen LogP contribution in [0.3, 0.4) is 0 Å². The van der Waals surface area contributed by atoms with Crippen LogP contribution in [-0.4, -0.2) is 27.9 Å². The number of aryl methyl sites for hydroxylation is 1. The number of hydrogen-bond acceptors (Lipinski definition) is 4. The summed E-state index contributed by atoms with van der Waals surface area (Å²) in [5, 5.41) is 22.3. The van der Waals surface area contributed by atoms with Crippen molar-refractivity contribution in [3.05, 3.63) is 39.4 Å². The molecule has 7 nitrogen and oxygen atoms in total. The minimum Gasteiger partial charge on any atom is -0.480 e. The highest BCUT2D eigenvalue weighted by Gasteiger charge is 2.26. The second kappa shape index (κ2) is 6.65. The highest BCUT2D eigenvalue weighted by molar-refractivity contribution is 6.00. The first-order valence-corrected chi connectivity index (χ1v) is 6.16. The SMILES string of the molecule is CCC[C@@H](NC(=O)c1cccc(C)c1[N+](=O)[O-])C(=O)O. The molecule has 0 radical (unpaired) electrons. The zero-order valence-corrected chi connectivity index (χ0v) is 11.3. The van der Waals surface area contributed by atoms with Gasteiger partial charge in [-0.05, 0) is 19.4 Å². The first-order valence-electron chi connectivity index (χ1n) is 6.16. The Morgan fingerprint density at radius 2 is 2.10 bits per heavy atom. The standard InChI is InChI=1S/C13H16N2O5/c1-3-5-10(13(17)18)14-12(16)9-7-4-6-8(2)11(9)15(19)20/h4,6-7,10H,3,5H2,1-2H3,(H,14,16)(H,17,18)/t10-/m1/s1. The van der Waals surface area contributed by atoms with Gasteiger partial charge in [-0.15, -0.1) is 0 Å². The van der Waals surface area contributed by atoms with Crippen LogP contribution in [0.1, 0.15) is 35.7 Å². The molecule has 0 heterocycles. The van der Waals surface area contributed by atoms with E-state index in [0.29, 0.717) is 12.0 Å². The highest BCUT2D eigenvalue weighted by Crippen LogP contribution is 2.23. The van der Waals surface area contributed by atoms with Gasteiger partial charge in [-0.3, -0.25) is 14.9 Å². The molecule has 20 heavy (non-hydrogen) atoms. The molecule has 0 aliphatic carbocycles. The van der Waals surface area contributed by atoms with Crippen LogP contribution in [0.2, 0.25) is 0 Å². The van der Waals surface area contributed by atoms with Gasteiger partial charge in [0.25, 0.3) is 11.6 Å². The molecule has 1 rings (SSSR count). The highest BCUT2D eigenvalue weighted by atomic mass is 16.6. The molecule has 0 saturated heterocycles. The van der Waals surface area contributed by atoms with E-state index in [1.807, 2.05) is 0 Å². The average Bonchev–Trinajstić information content (AvgIpc) is 2.37. The lowest BCUT2D eigenvalue weighted by atomic mass is 10.1. The fourth-order valence-corrected chi connectivity index (χ4v) is 1.87. The Morgan fingerprint density at radius 1 is 1.45 bits per heavy atom. The van der Waals surface area contributed by atoms with Crippen molar-refractivity contribution in [1.82, 2.24) is 5.32 Å². The molecule has 1 aromatic carbocycles. The number of carboxylic acids is 1. The molecule has 0 aliphatic heterocycles. The Hall–Kier alpha value is -2.44. The number of benzene rings is 1. The normalized spacial score (nSPS) is 11.7. The molecule has 2 N–H and O–H groups in total. The van der Waals surface area contributed by atoms with Crippen molar-refractivity contribution in [3.8, 4) is 0 Å². The number of nitrogens with zero attached hydrogens (tertiary/aromatic N) is 1. The van der Waals surface area contributed by atoms with Crippen molar-refractivity contribution in [1.29, 1.82) is 0 Å². The van der Waals surface area contributed by atoms with E-state index >= 15 is 0 Å². The molecule has 0 fully saturated rings. The predicted octanol–water partition coefficient (Wildman–Crippen LogP) is 1.89. The minimum atomic E-state index is -1.16. The summed E-state index contributed by atoms with van der Waals surface area (Å²) >= 11 is 0. The van der Waals surface area contributed by atoms with Gasteiger partial charge in [0, 0.05) is 5.56 Å². The van der Waals surface area contributed by atoms with Crippen LogP contribution >= 0.6 is 0 Å². The third-order valence-electron chi connectivity index (χ3n) is 2.85. The van der Waals surface area contributed by atoms with Crippen LogP contribution in [-0.2, 0) is 4.79 Å². The van der Waals surface area contributed by atoms with E-state index in [1.165, 1.54) is 25.1 Å². The van der Waals surface area contributed by atoms with E-state index in [4.69, 9.17) is 5.11 Å². The molecular weight excluding hydrogens is 264 g/mol. The van der Waals surface area contributed by atoms with E-state index in [-0.39, 0.29) is 17.7 Å². The fraction of sp³-hybridized carbons (Fsp3) is 0.385. The number of carbonyl (C=O) groups excluding carboxylic acids is 1. The summed E-state index contributed by atoms with van der Waals surface area (Å²) in [6, 6.07) is 3.31. The van der Waals surface area contributed by atoms with Gasteiger partial charge < -0.3 is 10.4 Å². The van der Waals surface area contributed by atoms with Crippen molar-refractivity contribution >= 4 is 17.6 Å². The number of carboxylic acid groups (broad SMARTS) is 1. The third kappa shape index (κ3) is 3.53. The average molecular weight is 280 g/mol. The summed E-state index contributed by atoms with van der Waals surface area (Å²) in [5.41, 5.74) is -0.0759. The maximum atomic E-state index is 12.0. The second-order valence-corrected chi connectivity index (χ2v) is 4.38. The summed E-state index contributed by atoms with van der Waals surface area (Å²) in [7, 11) is 0. The summed E-state index contributed by atoms with van der Waals surface area (Å²) in [6.07, 6.45) is 0.841. The first-order chi connectivity index (χ1) is 9.38. The van der Waals surface area contributed by atoms with Crippen molar-refractivity contribution in [2.75, 3.05) is 0 Å². The molecule has 108 valence electrons. The number of aliphatic carboxylic acids is 1. The number of nitro benzene ring substituents is 1. The number of para-hydroxylation sites is 1. The number of nitro groups is 1. The van der Waals surface area contributed by atoms with Gasteiger partial charge in [-0.1, -0.05) is 25.5 Å². The van der Waals surface area contributed by atoms with Gasteiger partial charge in [-0.25, -0.2) is 4.79 Å². The summed E-state index contributed by atoms with van der Waals surface area (Å²) < 4.78 is 0. The Kier molecular flexibility index (Phi) is 5.19. The second-order valence-electron chi connectivity index (χ2n) is 4.38. The molecule has 0 aliphatic rings. The van der Waals surface area contributed by atoms with Crippen molar-refractivity contribution in [3.63, 3.8) is 0 Å². The van der Waals surface area contributed by atoms with Crippen molar-refractivity contribution in [2.45, 2.75) is 32.7 Å². The van der Waals surface area contributed by atoms with E-state index in [9.17, 15) is 19.7 Å². The van der Waals surface area contributed by atoms with Gasteiger partial charge in [0.05, 0.1) is 4.92 Å². The zero-order valence-electron chi connectivity index (χ0n) is 11.3. The van der Waals surface area contributed by atoms with Crippen LogP contribution in [0.15, 0.2) is 18.2 Å². The number of carbonyl (C=O) groups is 2. The van der Waals surface area contributed by atoms with Gasteiger partial charge in [0.1, 0.15) is 11.6 Å². The molecule has 1 aromatic rings. The maximum Gasteiger partial charge on any atom is 0.326 e. The summed E-state index contributed by atoms with van der Waals surface area (Å²) in [4.78, 5) is 33.4. The monoisotopic (exact) mass is 280 g/mol. The van der Waals surface area contributed by atoms with Crippen molar-refractivity contribution < 1.29 is 19.6 Å². The maximum absolute atomic E-state index is 12.0. The molecule has 0 aromatic heterocycles. The molecular formula is C13H16N2O5. The van der Waals surface area contributed by atoms with Gasteiger partial charge in [0.2, 0.25) is 0 Å². The molecule has 1 amide bonds. The molecule has 0 unspecified atom stereocenters. The lowest BCUT2D eigenvalue weighted by Crippen LogP contribution is -2.40. The van der Waals surface area contributed by atoms with E-state index in [0.717, 1.165) is 0 Å². The smallest absolute Gasteiger partial charge is 0.326 e. The van der Waals surface area contributed by atoms with Crippen LogP contribution in [0.4, 0.5) is 5.69 Å². The summed E-state index contributed by atoms with van der Waals surface area (Å²) in [6.45, 7) is 3.31. The first kappa shape index (κ1) is 15.6. The largest absolute Gasteiger partial charge is 0.480 e. The van der Waals surface area contributed by atoms with Crippen LogP contribution in [0.5, 0.6) is 0 Å². The number of amides is 1. The minimum absolute atomic E-state index is 0.127. The Balaban J connectivity index is 3.06. The van der Waals surface area contributed by atoms with Gasteiger partial charge in [0.15, 0.2) is 0 Å². The quantitative estimate of drug-likeness (QED) is 0.610. The number of hydrogen-bond donors (Lipinski definition) is 2. The summed E-state index contributed by atoms with van der Waals surface area (Å²) in [5.74, 6) is -1.91. The number of nitrogens with one attached hydrogen (secondary N) is 1. The molecule has 0 spiro atoms. The Morgan fingerprint density at radius 3 is 2.60 bits per heavy atom. The van der Waals surface area contributed by atoms with Crippen LogP contribution in [0, 0.1) is 17.0 Å². The lowest BCUT2D eigenvalue weighted by molar-refractivity contribution is -0.385. The van der Waals surface area contributed by atoms with Gasteiger partial charge in [-0.2, -0.15) is 0 Å². The van der Waals surface area contributed by atoms with Gasteiger partial charge >= 0.3 is 5.97 Å². The number of rotatable bonds is 6. The molecule has 0 bridgehead atoms. The topological polar surface area (TPSA) is 110 Å². The lowest BCUT2D eigenvalue weighted by Gasteiger charge is -2.13. The van der Waals surface area contributed by atoms with E-state index in [2.05, 4.69) is 5.32 Å². The predicted molar refractivity (Wildman–Crippen MR) is 71.6 cm³/mol. The van der Waals surface area contributed by atoms with E-state index in [1.54, 1.807) is 6.92 Å². The third-order valence-corrected chi connectivity index (χ3v) is 2.85. The molecule has 7 heteroatoms. The van der Waals surface area contributed by atoms with Crippen LogP contribution in [0.25, 0.3) is 0 Å². The van der Waals surface area contributed by atoms with Crippen molar-refractivity contribution in [2.24, 2.45) is 0 Å². The molecule has 1 atom stereocenters. The zero-order chi connectivity index (χ0) is 15.3. The molecule has 0 saturated carbocycles. The Bertz CT molecular complexity index is 542. The van der Waals surface area contributed by atoms with E-state index < -0.39 is 22.8 Å². The Labute approximate surface area is 115 Å². The van der Waals surface area contributed by atoms with Crippen LogP contribution < -0.4 is 5.32 Å². The fourth-order valence-electron chi connectivity index (χ4n) is 1.87.